The standard InChI is InChI=1S/C19H25ClN6O4/c1-13(30-16-11-23-24-18(28)14(16)2)12-29-8-3-17(27)25-4-6-26(7-5-25)19-21-9-15(20)10-22-19/h9-11,13H,3-8,12H2,1-2H3,(H,24,28)/t13-/m0/s1/i4D2,5D2,6D2,7D2. The lowest BCUT2D eigenvalue weighted by molar-refractivity contribution is -0.132. The van der Waals surface area contributed by atoms with E-state index in [4.69, 9.17) is 32.0 Å². The number of amides is 1. The van der Waals surface area contributed by atoms with Crippen LogP contribution in [0.1, 0.15) is 29.9 Å². The van der Waals surface area contributed by atoms with Crippen molar-refractivity contribution < 1.29 is 25.2 Å². The van der Waals surface area contributed by atoms with Crippen LogP contribution in [0.2, 0.25) is 5.02 Å². The maximum atomic E-state index is 13.0. The van der Waals surface area contributed by atoms with Crippen molar-refractivity contribution in [2.45, 2.75) is 26.4 Å². The van der Waals surface area contributed by atoms with E-state index in [9.17, 15) is 9.59 Å². The summed E-state index contributed by atoms with van der Waals surface area (Å²) in [6.45, 7) is -10.6. The topological polar surface area (TPSA) is 114 Å². The Bertz CT molecular complexity index is 1200. The van der Waals surface area contributed by atoms with E-state index in [-0.39, 0.29) is 33.8 Å². The lowest BCUT2D eigenvalue weighted by Gasteiger charge is -2.34. The molecule has 3 heterocycles. The Morgan fingerprint density at radius 2 is 2.00 bits per heavy atom. The fourth-order valence-electron chi connectivity index (χ4n) is 2.23. The van der Waals surface area contributed by atoms with E-state index in [1.165, 1.54) is 6.20 Å². The summed E-state index contributed by atoms with van der Waals surface area (Å²) < 4.78 is 77.9. The minimum atomic E-state index is -3.37. The molecule has 1 fully saturated rings. The number of halogens is 1. The number of carbonyl (C=O) groups is 1. The van der Waals surface area contributed by atoms with Gasteiger partial charge in [-0.15, -0.1) is 0 Å². The number of H-pyrrole nitrogens is 1. The fraction of sp³-hybridized carbons (Fsp3) is 0.526. The number of hydrogen-bond acceptors (Lipinski definition) is 8. The molecular weight excluding hydrogens is 412 g/mol. The molecule has 1 aliphatic heterocycles. The molecule has 1 amide bonds. The van der Waals surface area contributed by atoms with Crippen LogP contribution in [0.5, 0.6) is 5.75 Å². The van der Waals surface area contributed by atoms with Crippen molar-refractivity contribution in [3.63, 3.8) is 0 Å². The summed E-state index contributed by atoms with van der Waals surface area (Å²) in [4.78, 5) is 32.1. The summed E-state index contributed by atoms with van der Waals surface area (Å²) in [5, 5.41) is 5.95. The van der Waals surface area contributed by atoms with Gasteiger partial charge in [-0.1, -0.05) is 11.6 Å². The smallest absolute Gasteiger partial charge is 0.270 e. The Balaban J connectivity index is 1.73. The number of hydrogen-bond donors (Lipinski definition) is 1. The lowest BCUT2D eigenvalue weighted by atomic mass is 10.3. The Kier molecular flexibility index (Phi) is 4.68. The highest BCUT2D eigenvalue weighted by atomic mass is 35.5. The van der Waals surface area contributed by atoms with Gasteiger partial charge in [-0.25, -0.2) is 15.1 Å². The van der Waals surface area contributed by atoms with Gasteiger partial charge >= 0.3 is 0 Å². The molecule has 2 aromatic rings. The van der Waals surface area contributed by atoms with Gasteiger partial charge in [-0.2, -0.15) is 5.10 Å². The summed E-state index contributed by atoms with van der Waals surface area (Å²) in [6, 6.07) is 0. The third-order valence-electron chi connectivity index (χ3n) is 3.80. The summed E-state index contributed by atoms with van der Waals surface area (Å²) in [5.74, 6) is -1.66. The molecular formula is C19H25ClN6O4. The van der Waals surface area contributed by atoms with Gasteiger partial charge < -0.3 is 19.3 Å². The largest absolute Gasteiger partial charge is 0.486 e. The average molecular weight is 445 g/mol. The normalized spacial score (nSPS) is 25.8. The maximum absolute atomic E-state index is 13.0. The van der Waals surface area contributed by atoms with Crippen LogP contribution in [0, 0.1) is 6.92 Å². The van der Waals surface area contributed by atoms with Crippen LogP contribution in [-0.4, -0.2) is 76.3 Å². The first-order valence-electron chi connectivity index (χ1n) is 12.9. The fourth-order valence-corrected chi connectivity index (χ4v) is 2.33. The molecule has 162 valence electrons. The number of aromatic nitrogens is 4. The molecule has 11 heteroatoms. The van der Waals surface area contributed by atoms with Gasteiger partial charge in [0.25, 0.3) is 5.56 Å². The molecule has 0 bridgehead atoms. The van der Waals surface area contributed by atoms with E-state index >= 15 is 0 Å². The van der Waals surface area contributed by atoms with Gasteiger partial charge in [0.15, 0.2) is 0 Å². The Labute approximate surface area is 190 Å². The predicted octanol–water partition coefficient (Wildman–Crippen LogP) is 1.04. The van der Waals surface area contributed by atoms with Crippen molar-refractivity contribution in [1.82, 2.24) is 25.1 Å². The van der Waals surface area contributed by atoms with Crippen molar-refractivity contribution >= 4 is 23.5 Å². The molecule has 2 aromatic heterocycles. The molecule has 0 saturated carbocycles. The third kappa shape index (κ3) is 5.90. The molecule has 3 rings (SSSR count). The molecule has 0 aliphatic carbocycles. The van der Waals surface area contributed by atoms with Gasteiger partial charge in [0.05, 0.1) is 59.8 Å². The number of nitrogens with one attached hydrogen (secondary N) is 1. The quantitative estimate of drug-likeness (QED) is 0.601. The number of aromatic amines is 1. The third-order valence-corrected chi connectivity index (χ3v) is 4.00. The second-order valence-electron chi connectivity index (χ2n) is 6.15. The zero-order valence-electron chi connectivity index (χ0n) is 24.2. The van der Waals surface area contributed by atoms with E-state index in [0.29, 0.717) is 5.56 Å². The zero-order valence-corrected chi connectivity index (χ0v) is 16.9. The Morgan fingerprint density at radius 3 is 2.70 bits per heavy atom. The molecule has 0 spiro atoms. The van der Waals surface area contributed by atoms with Crippen LogP contribution in [-0.2, 0) is 9.53 Å². The molecule has 0 radical (unpaired) electrons. The highest BCUT2D eigenvalue weighted by Crippen LogP contribution is 2.14. The monoisotopic (exact) mass is 444 g/mol. The molecule has 10 nitrogen and oxygen atoms in total. The highest BCUT2D eigenvalue weighted by molar-refractivity contribution is 6.30. The highest BCUT2D eigenvalue weighted by Gasteiger charge is 2.22. The second-order valence-corrected chi connectivity index (χ2v) is 6.59. The molecule has 0 aromatic carbocycles. The zero-order chi connectivity index (χ0) is 28.7. The van der Waals surface area contributed by atoms with Crippen molar-refractivity contribution in [2.75, 3.05) is 44.1 Å². The summed E-state index contributed by atoms with van der Waals surface area (Å²) in [5.41, 5.74) is -0.120. The van der Waals surface area contributed by atoms with E-state index in [2.05, 4.69) is 20.2 Å². The molecule has 30 heavy (non-hydrogen) atoms. The van der Waals surface area contributed by atoms with E-state index in [0.717, 1.165) is 12.4 Å². The summed E-state index contributed by atoms with van der Waals surface area (Å²) in [7, 11) is 0. The average Bonchev–Trinajstić information content (AvgIpc) is 2.80. The Hall–Kier alpha value is -2.72. The Morgan fingerprint density at radius 1 is 1.30 bits per heavy atom. The molecule has 1 atom stereocenters. The first kappa shape index (κ1) is 13.6. The van der Waals surface area contributed by atoms with Crippen LogP contribution in [0.4, 0.5) is 5.95 Å². The van der Waals surface area contributed by atoms with Crippen LogP contribution in [0.25, 0.3) is 0 Å². The van der Waals surface area contributed by atoms with Gasteiger partial charge in [0.2, 0.25) is 11.9 Å². The van der Waals surface area contributed by atoms with E-state index in [1.54, 1.807) is 13.8 Å². The van der Waals surface area contributed by atoms with Crippen molar-refractivity contribution in [1.29, 1.82) is 0 Å². The number of nitrogens with zero attached hydrogens (tertiary/aromatic N) is 5. The number of anilines is 1. The van der Waals surface area contributed by atoms with Crippen LogP contribution < -0.4 is 15.2 Å². The van der Waals surface area contributed by atoms with Gasteiger partial charge in [-0.05, 0) is 13.8 Å². The van der Waals surface area contributed by atoms with E-state index < -0.39 is 55.9 Å². The van der Waals surface area contributed by atoms with Crippen molar-refractivity contribution in [3.05, 3.63) is 39.5 Å². The van der Waals surface area contributed by atoms with Crippen LogP contribution in [0.3, 0.4) is 0 Å². The van der Waals surface area contributed by atoms with Crippen LogP contribution in [0.15, 0.2) is 23.4 Å². The van der Waals surface area contributed by atoms with E-state index in [1.807, 2.05) is 0 Å². The summed E-state index contributed by atoms with van der Waals surface area (Å²) in [6.07, 6.45) is 2.18. The number of ether oxygens (including phenoxy) is 2. The van der Waals surface area contributed by atoms with Gasteiger partial charge in [0, 0.05) is 26.0 Å². The molecule has 1 aliphatic rings. The predicted molar refractivity (Wildman–Crippen MR) is 111 cm³/mol. The molecule has 0 unspecified atom stereocenters. The molecule has 1 N–H and O–H groups in total. The van der Waals surface area contributed by atoms with Gasteiger partial charge in [0.1, 0.15) is 11.9 Å². The first-order chi connectivity index (χ1) is 17.5. The van der Waals surface area contributed by atoms with Crippen molar-refractivity contribution in [3.8, 4) is 5.75 Å². The second kappa shape index (κ2) is 10.4. The minimum Gasteiger partial charge on any atom is -0.486 e. The number of carbonyl (C=O) groups excluding carboxylic acids is 1. The lowest BCUT2D eigenvalue weighted by Crippen LogP contribution is -2.49. The maximum Gasteiger partial charge on any atom is 0.270 e. The van der Waals surface area contributed by atoms with Crippen molar-refractivity contribution in [2.24, 2.45) is 0 Å². The SMILES string of the molecule is [2H]C1([2H])N(C(=O)CCOC[C@H](C)Oc2cn[nH]c(=O)c2C)C([2H])([2H])C([2H])([2H])N(c2ncc(Cl)cn2)C1([2H])[2H]. The minimum absolute atomic E-state index is 0.0404. The van der Waals surface area contributed by atoms with Crippen LogP contribution >= 0.6 is 11.6 Å². The molecule has 1 saturated heterocycles. The van der Waals surface area contributed by atoms with Gasteiger partial charge in [-0.3, -0.25) is 9.59 Å². The first-order valence-corrected chi connectivity index (χ1v) is 9.23. The number of rotatable bonds is 8. The number of piperazine rings is 1. The summed E-state index contributed by atoms with van der Waals surface area (Å²) >= 11 is 5.73.